The number of thiophene rings is 1. The molecule has 0 saturated carbocycles. The maximum absolute atomic E-state index is 12.0. The van der Waals surface area contributed by atoms with Gasteiger partial charge in [0.25, 0.3) is 0 Å². The molecule has 7 heteroatoms. The standard InChI is InChI=1S/C12H17ClF3NOS/c1-2-8(17)11(9-4-5-10(13)19-9)18-7-3-6-12(14,15)16/h4-5,8,11H,2-3,6-7,17H2,1H3. The largest absolute Gasteiger partial charge is 0.389 e. The first-order valence-electron chi connectivity index (χ1n) is 6.02. The minimum absolute atomic E-state index is 0.0351. The number of nitrogens with two attached hydrogens (primary N) is 1. The van der Waals surface area contributed by atoms with Gasteiger partial charge in [-0.1, -0.05) is 18.5 Å². The molecule has 110 valence electrons. The Kier molecular flexibility index (Phi) is 6.59. The quantitative estimate of drug-likeness (QED) is 0.750. The van der Waals surface area contributed by atoms with E-state index in [9.17, 15) is 13.2 Å². The van der Waals surface area contributed by atoms with Crippen LogP contribution in [0.2, 0.25) is 4.34 Å². The molecule has 0 aliphatic carbocycles. The molecule has 1 aromatic heterocycles. The summed E-state index contributed by atoms with van der Waals surface area (Å²) in [6, 6.07) is 3.29. The van der Waals surface area contributed by atoms with E-state index in [-0.39, 0.29) is 19.1 Å². The van der Waals surface area contributed by atoms with Crippen LogP contribution in [0.1, 0.15) is 37.2 Å². The van der Waals surface area contributed by atoms with Crippen LogP contribution < -0.4 is 5.73 Å². The molecule has 0 amide bonds. The molecule has 0 fully saturated rings. The first-order valence-corrected chi connectivity index (χ1v) is 7.22. The Morgan fingerprint density at radius 2 is 2.11 bits per heavy atom. The van der Waals surface area contributed by atoms with Crippen LogP contribution in [-0.4, -0.2) is 18.8 Å². The summed E-state index contributed by atoms with van der Waals surface area (Å²) in [7, 11) is 0. The van der Waals surface area contributed by atoms with Gasteiger partial charge in [-0.3, -0.25) is 0 Å². The number of rotatable bonds is 7. The molecule has 0 spiro atoms. The van der Waals surface area contributed by atoms with E-state index in [4.69, 9.17) is 22.1 Å². The van der Waals surface area contributed by atoms with E-state index in [0.717, 1.165) is 4.88 Å². The van der Waals surface area contributed by atoms with Gasteiger partial charge < -0.3 is 10.5 Å². The van der Waals surface area contributed by atoms with Gasteiger partial charge in [-0.05, 0) is 25.0 Å². The maximum atomic E-state index is 12.0. The third kappa shape index (κ3) is 6.12. The Morgan fingerprint density at radius 1 is 1.42 bits per heavy atom. The minimum atomic E-state index is -4.14. The number of halogens is 4. The summed E-state index contributed by atoms with van der Waals surface area (Å²) < 4.78 is 42.2. The van der Waals surface area contributed by atoms with Crippen molar-refractivity contribution in [1.82, 2.24) is 0 Å². The predicted octanol–water partition coefficient (Wildman–Crippen LogP) is 4.54. The molecule has 19 heavy (non-hydrogen) atoms. The first-order chi connectivity index (χ1) is 8.83. The van der Waals surface area contributed by atoms with E-state index in [1.807, 2.05) is 6.92 Å². The third-order valence-electron chi connectivity index (χ3n) is 2.64. The number of alkyl halides is 3. The van der Waals surface area contributed by atoms with Gasteiger partial charge in [0.05, 0.1) is 4.34 Å². The van der Waals surface area contributed by atoms with Gasteiger partial charge >= 0.3 is 6.18 Å². The second-order valence-electron chi connectivity index (χ2n) is 4.22. The summed E-state index contributed by atoms with van der Waals surface area (Å²) >= 11 is 7.19. The highest BCUT2D eigenvalue weighted by molar-refractivity contribution is 7.16. The van der Waals surface area contributed by atoms with Crippen LogP contribution >= 0.6 is 22.9 Å². The molecule has 0 aliphatic heterocycles. The molecule has 2 N–H and O–H groups in total. The number of hydrogen-bond acceptors (Lipinski definition) is 3. The van der Waals surface area contributed by atoms with Crippen LogP contribution in [0.15, 0.2) is 12.1 Å². The summed E-state index contributed by atoms with van der Waals surface area (Å²) in [6.45, 7) is 1.94. The molecule has 2 unspecified atom stereocenters. The summed E-state index contributed by atoms with van der Waals surface area (Å²) in [5, 5.41) is 0. The smallest absolute Gasteiger partial charge is 0.371 e. The molecular weight excluding hydrogens is 299 g/mol. The minimum Gasteiger partial charge on any atom is -0.371 e. The number of hydrogen-bond donors (Lipinski definition) is 1. The second-order valence-corrected chi connectivity index (χ2v) is 5.97. The van der Waals surface area contributed by atoms with Crippen molar-refractivity contribution >= 4 is 22.9 Å². The summed E-state index contributed by atoms with van der Waals surface area (Å²) in [5.41, 5.74) is 5.94. The van der Waals surface area contributed by atoms with Crippen molar-refractivity contribution in [3.63, 3.8) is 0 Å². The molecule has 1 rings (SSSR count). The molecular formula is C12H17ClF3NOS. The molecule has 1 heterocycles. The van der Waals surface area contributed by atoms with Gasteiger partial charge in [0, 0.05) is 23.9 Å². The Labute approximate surface area is 119 Å². The molecule has 0 radical (unpaired) electrons. The fourth-order valence-corrected chi connectivity index (χ4v) is 2.78. The zero-order chi connectivity index (χ0) is 14.5. The highest BCUT2D eigenvalue weighted by atomic mass is 35.5. The summed E-state index contributed by atoms with van der Waals surface area (Å²) in [4.78, 5) is 0.853. The summed E-state index contributed by atoms with van der Waals surface area (Å²) in [5.74, 6) is 0. The monoisotopic (exact) mass is 315 g/mol. The van der Waals surface area contributed by atoms with Crippen molar-refractivity contribution in [3.8, 4) is 0 Å². The predicted molar refractivity (Wildman–Crippen MR) is 71.6 cm³/mol. The second kappa shape index (κ2) is 7.47. The molecule has 1 aromatic rings. The van der Waals surface area contributed by atoms with E-state index < -0.39 is 18.7 Å². The molecule has 0 aliphatic rings. The van der Waals surface area contributed by atoms with Gasteiger partial charge in [-0.15, -0.1) is 11.3 Å². The van der Waals surface area contributed by atoms with Crippen molar-refractivity contribution in [2.75, 3.05) is 6.61 Å². The van der Waals surface area contributed by atoms with Crippen molar-refractivity contribution in [2.45, 2.75) is 44.5 Å². The van der Waals surface area contributed by atoms with Crippen molar-refractivity contribution in [1.29, 1.82) is 0 Å². The highest BCUT2D eigenvalue weighted by Crippen LogP contribution is 2.32. The Morgan fingerprint density at radius 3 is 2.58 bits per heavy atom. The van der Waals surface area contributed by atoms with Crippen molar-refractivity contribution in [2.24, 2.45) is 5.73 Å². The van der Waals surface area contributed by atoms with Crippen molar-refractivity contribution in [3.05, 3.63) is 21.3 Å². The summed E-state index contributed by atoms with van der Waals surface area (Å²) in [6.07, 6.45) is -4.75. The number of ether oxygens (including phenoxy) is 1. The lowest BCUT2D eigenvalue weighted by Crippen LogP contribution is -2.29. The first kappa shape index (κ1) is 16.8. The molecule has 2 atom stereocenters. The molecule has 0 bridgehead atoms. The van der Waals surface area contributed by atoms with Crippen LogP contribution in [0.25, 0.3) is 0 Å². The van der Waals surface area contributed by atoms with Crippen LogP contribution in [0, 0.1) is 0 Å². The van der Waals surface area contributed by atoms with Gasteiger partial charge in [0.1, 0.15) is 6.10 Å². The van der Waals surface area contributed by atoms with Crippen LogP contribution in [0.4, 0.5) is 13.2 Å². The topological polar surface area (TPSA) is 35.2 Å². The molecule has 0 saturated heterocycles. The molecule has 0 aromatic carbocycles. The normalized spacial score (nSPS) is 15.5. The Bertz CT molecular complexity index is 383. The zero-order valence-corrected chi connectivity index (χ0v) is 12.1. The van der Waals surface area contributed by atoms with Gasteiger partial charge in [-0.25, -0.2) is 0 Å². The van der Waals surface area contributed by atoms with Crippen LogP contribution in [0.3, 0.4) is 0 Å². The van der Waals surface area contributed by atoms with Crippen LogP contribution in [0.5, 0.6) is 0 Å². The lowest BCUT2D eigenvalue weighted by molar-refractivity contribution is -0.139. The maximum Gasteiger partial charge on any atom is 0.389 e. The third-order valence-corrected chi connectivity index (χ3v) is 3.93. The average Bonchev–Trinajstić information content (AvgIpc) is 2.73. The molecule has 2 nitrogen and oxygen atoms in total. The fourth-order valence-electron chi connectivity index (χ4n) is 1.59. The van der Waals surface area contributed by atoms with E-state index in [0.29, 0.717) is 10.8 Å². The van der Waals surface area contributed by atoms with Crippen LogP contribution in [-0.2, 0) is 4.74 Å². The highest BCUT2D eigenvalue weighted by Gasteiger charge is 2.27. The van der Waals surface area contributed by atoms with E-state index in [1.54, 1.807) is 12.1 Å². The SMILES string of the molecule is CCC(N)C(OCCCC(F)(F)F)c1ccc(Cl)s1. The zero-order valence-electron chi connectivity index (χ0n) is 10.5. The van der Waals surface area contributed by atoms with E-state index in [1.165, 1.54) is 11.3 Å². The van der Waals surface area contributed by atoms with E-state index in [2.05, 4.69) is 0 Å². The van der Waals surface area contributed by atoms with Gasteiger partial charge in [-0.2, -0.15) is 13.2 Å². The average molecular weight is 316 g/mol. The fraction of sp³-hybridized carbons (Fsp3) is 0.667. The van der Waals surface area contributed by atoms with Gasteiger partial charge in [0.2, 0.25) is 0 Å². The Hall–Kier alpha value is -0.300. The lowest BCUT2D eigenvalue weighted by atomic mass is 10.1. The van der Waals surface area contributed by atoms with E-state index >= 15 is 0 Å². The van der Waals surface area contributed by atoms with Gasteiger partial charge in [0.15, 0.2) is 0 Å². The lowest BCUT2D eigenvalue weighted by Gasteiger charge is -2.22. The van der Waals surface area contributed by atoms with Crippen molar-refractivity contribution < 1.29 is 17.9 Å². The Balaban J connectivity index is 2.52.